The molecule has 1 heterocycles. The Hall–Kier alpha value is -1.55. The summed E-state index contributed by atoms with van der Waals surface area (Å²) in [7, 11) is 1.61. The van der Waals surface area contributed by atoms with Crippen molar-refractivity contribution in [3.8, 4) is 0 Å². The minimum absolute atomic E-state index is 0.0473. The van der Waals surface area contributed by atoms with E-state index in [-0.39, 0.29) is 60.4 Å². The predicted octanol–water partition coefficient (Wildman–Crippen LogP) is 5.45. The van der Waals surface area contributed by atoms with Crippen LogP contribution in [0, 0.1) is 17.7 Å². The molecule has 1 aromatic rings. The lowest BCUT2D eigenvalue weighted by molar-refractivity contribution is -0.0586. The summed E-state index contributed by atoms with van der Waals surface area (Å²) < 4.78 is 47.0. The number of nitrogens with zero attached hydrogens (tertiary/aromatic N) is 1. The van der Waals surface area contributed by atoms with Gasteiger partial charge >= 0.3 is 6.03 Å². The number of carbonyl (C=O) groups is 1. The number of nitrogens with one attached hydrogen (secondary N) is 1. The zero-order chi connectivity index (χ0) is 27.1. The average Bonchev–Trinajstić information content (AvgIpc) is 2.88. The van der Waals surface area contributed by atoms with Crippen LogP contribution in [0.15, 0.2) is 18.2 Å². The zero-order valence-corrected chi connectivity index (χ0v) is 22.4. The first-order chi connectivity index (χ1) is 17.6. The number of urea groups is 1. The summed E-state index contributed by atoms with van der Waals surface area (Å²) in [4.78, 5) is 14.6. The van der Waals surface area contributed by atoms with Crippen LogP contribution >= 0.6 is 11.6 Å². The van der Waals surface area contributed by atoms with Gasteiger partial charge in [0.15, 0.2) is 0 Å². The molecule has 0 bridgehead atoms. The lowest BCUT2D eigenvalue weighted by atomic mass is 9.74. The molecule has 37 heavy (non-hydrogen) atoms. The van der Waals surface area contributed by atoms with E-state index in [0.717, 1.165) is 0 Å². The Morgan fingerprint density at radius 2 is 2.05 bits per heavy atom. The van der Waals surface area contributed by atoms with Crippen molar-refractivity contribution in [2.45, 2.75) is 81.8 Å². The molecule has 2 amide bonds. The molecule has 210 valence electrons. The smallest absolute Gasteiger partial charge is 0.317 e. The number of carbonyl (C=O) groups excluding carboxylic acids is 1. The molecule has 1 unspecified atom stereocenters. The quantitative estimate of drug-likeness (QED) is 0.322. The molecule has 1 aromatic carbocycles. The maximum Gasteiger partial charge on any atom is 0.317 e. The number of hydrogen-bond acceptors (Lipinski definition) is 4. The van der Waals surface area contributed by atoms with E-state index in [4.69, 9.17) is 22.1 Å². The Bertz CT molecular complexity index is 884. The highest BCUT2D eigenvalue weighted by Gasteiger charge is 2.43. The van der Waals surface area contributed by atoms with Crippen LogP contribution < -0.4 is 11.1 Å². The third kappa shape index (κ3) is 8.22. The van der Waals surface area contributed by atoms with Crippen molar-refractivity contribution in [2.75, 3.05) is 33.4 Å². The second kappa shape index (κ2) is 13.5. The first kappa shape index (κ1) is 30.0. The number of benzene rings is 1. The highest BCUT2D eigenvalue weighted by Crippen LogP contribution is 2.42. The predicted molar refractivity (Wildman–Crippen MR) is 138 cm³/mol. The molecule has 4 N–H and O–H groups in total. The Kier molecular flexibility index (Phi) is 10.9. The van der Waals surface area contributed by atoms with Gasteiger partial charge in [-0.15, -0.1) is 0 Å². The van der Waals surface area contributed by atoms with Gasteiger partial charge in [0.25, 0.3) is 0 Å². The van der Waals surface area contributed by atoms with Crippen LogP contribution in [0.5, 0.6) is 0 Å². The van der Waals surface area contributed by atoms with Gasteiger partial charge in [0, 0.05) is 63.7 Å². The average molecular weight is 548 g/mol. The minimum Gasteiger partial charge on any atom is -0.385 e. The summed E-state index contributed by atoms with van der Waals surface area (Å²) in [6, 6.07) is 4.04. The molecular formula is C27H41ClF3N3O3. The van der Waals surface area contributed by atoms with Gasteiger partial charge < -0.3 is 25.8 Å². The molecule has 0 aromatic heterocycles. The number of nitrogens with two attached hydrogens (primary N) is 1. The van der Waals surface area contributed by atoms with Crippen LogP contribution in [-0.2, 0) is 10.3 Å². The summed E-state index contributed by atoms with van der Waals surface area (Å²) in [5.41, 5.74) is 4.88. The zero-order valence-electron chi connectivity index (χ0n) is 21.7. The van der Waals surface area contributed by atoms with Crippen molar-refractivity contribution < 1.29 is 27.8 Å². The number of piperidine rings is 1. The van der Waals surface area contributed by atoms with Gasteiger partial charge in [-0.1, -0.05) is 23.7 Å². The van der Waals surface area contributed by atoms with Gasteiger partial charge in [-0.2, -0.15) is 0 Å². The van der Waals surface area contributed by atoms with Crippen molar-refractivity contribution in [1.29, 1.82) is 0 Å². The van der Waals surface area contributed by atoms with Gasteiger partial charge in [-0.05, 0) is 63.4 Å². The molecule has 0 spiro atoms. The number of unbranched alkanes of at least 4 members (excludes halogenated alkanes) is 1. The number of methoxy groups -OCH3 is 1. The molecule has 10 heteroatoms. The standard InChI is InChI=1S/C27H41ClF3N3O3/c1-37-15-3-2-11-27(36,22-7-4-8-23(28)24(22)29)20-6-5-14-34(18-20)25(35)33-17-21(32)16-19-9-12-26(30,31)13-10-19/h4,7-8,19-21,36H,2-3,5-6,9-18,32H2,1H3,(H,33,35)/t20?,21-,27-/m0/s1. The summed E-state index contributed by atoms with van der Waals surface area (Å²) in [6.07, 6.45) is 4.26. The third-order valence-electron chi connectivity index (χ3n) is 7.95. The van der Waals surface area contributed by atoms with Gasteiger partial charge in [0.2, 0.25) is 5.92 Å². The largest absolute Gasteiger partial charge is 0.385 e. The van der Waals surface area contributed by atoms with Crippen LogP contribution in [0.4, 0.5) is 18.0 Å². The van der Waals surface area contributed by atoms with Crippen LogP contribution in [-0.4, -0.2) is 61.4 Å². The van der Waals surface area contributed by atoms with E-state index in [2.05, 4.69) is 5.32 Å². The maximum atomic E-state index is 15.1. The molecule has 2 aliphatic rings. The van der Waals surface area contributed by atoms with Crippen molar-refractivity contribution in [3.05, 3.63) is 34.6 Å². The molecule has 2 fully saturated rings. The monoisotopic (exact) mass is 547 g/mol. The Morgan fingerprint density at radius 3 is 2.76 bits per heavy atom. The summed E-state index contributed by atoms with van der Waals surface area (Å²) in [5.74, 6) is -3.43. The highest BCUT2D eigenvalue weighted by molar-refractivity contribution is 6.30. The summed E-state index contributed by atoms with van der Waals surface area (Å²) in [6.45, 7) is 1.58. The summed E-state index contributed by atoms with van der Waals surface area (Å²) in [5, 5.41) is 14.7. The van der Waals surface area contributed by atoms with Gasteiger partial charge in [0.05, 0.1) is 10.6 Å². The van der Waals surface area contributed by atoms with Crippen molar-refractivity contribution in [1.82, 2.24) is 10.2 Å². The van der Waals surface area contributed by atoms with E-state index < -0.39 is 17.3 Å². The van der Waals surface area contributed by atoms with Crippen LogP contribution in [0.1, 0.15) is 69.8 Å². The van der Waals surface area contributed by atoms with Crippen molar-refractivity contribution in [2.24, 2.45) is 17.6 Å². The molecule has 6 nitrogen and oxygen atoms in total. The van der Waals surface area contributed by atoms with Crippen LogP contribution in [0.25, 0.3) is 0 Å². The lowest BCUT2D eigenvalue weighted by Gasteiger charge is -2.43. The number of hydrogen-bond donors (Lipinski definition) is 3. The van der Waals surface area contributed by atoms with Crippen molar-refractivity contribution in [3.63, 3.8) is 0 Å². The second-order valence-corrected chi connectivity index (χ2v) is 11.1. The van der Waals surface area contributed by atoms with E-state index in [0.29, 0.717) is 64.5 Å². The fourth-order valence-electron chi connectivity index (χ4n) is 5.77. The van der Waals surface area contributed by atoms with E-state index in [1.54, 1.807) is 24.1 Å². The molecule has 3 rings (SSSR count). The molecule has 3 atom stereocenters. The van der Waals surface area contributed by atoms with Crippen molar-refractivity contribution >= 4 is 17.6 Å². The van der Waals surface area contributed by atoms with E-state index in [1.165, 1.54) is 6.07 Å². The number of halogens is 4. The molecular weight excluding hydrogens is 507 g/mol. The number of ether oxygens (including phenoxy) is 1. The highest BCUT2D eigenvalue weighted by atomic mass is 35.5. The van der Waals surface area contributed by atoms with Gasteiger partial charge in [-0.25, -0.2) is 18.0 Å². The van der Waals surface area contributed by atoms with Crippen LogP contribution in [0.2, 0.25) is 5.02 Å². The minimum atomic E-state index is -2.57. The number of likely N-dealkylation sites (tertiary alicyclic amines) is 1. The third-order valence-corrected chi connectivity index (χ3v) is 8.24. The molecule has 0 radical (unpaired) electrons. The van der Waals surface area contributed by atoms with Gasteiger partial charge in [0.1, 0.15) is 5.82 Å². The number of aliphatic hydroxyl groups is 1. The Balaban J connectivity index is 1.60. The van der Waals surface area contributed by atoms with E-state index in [1.807, 2.05) is 0 Å². The SMILES string of the molecule is COCCCC[C@@](O)(c1cccc(Cl)c1F)C1CCCN(C(=O)NC[C@@H](N)CC2CCC(F)(F)CC2)C1. The van der Waals surface area contributed by atoms with E-state index in [9.17, 15) is 18.7 Å². The molecule has 1 aliphatic carbocycles. The van der Waals surface area contributed by atoms with Crippen LogP contribution in [0.3, 0.4) is 0 Å². The first-order valence-corrected chi connectivity index (χ1v) is 13.8. The number of rotatable bonds is 11. The van der Waals surface area contributed by atoms with E-state index >= 15 is 4.39 Å². The fraction of sp³-hybridized carbons (Fsp3) is 0.741. The number of alkyl halides is 2. The maximum absolute atomic E-state index is 15.1. The first-order valence-electron chi connectivity index (χ1n) is 13.4. The molecule has 1 saturated carbocycles. The topological polar surface area (TPSA) is 87.8 Å². The number of amides is 2. The molecule has 1 saturated heterocycles. The Morgan fingerprint density at radius 1 is 1.32 bits per heavy atom. The van der Waals surface area contributed by atoms with Gasteiger partial charge in [-0.3, -0.25) is 0 Å². The second-order valence-electron chi connectivity index (χ2n) is 10.7. The fourth-order valence-corrected chi connectivity index (χ4v) is 5.94. The Labute approximate surface area is 223 Å². The molecule has 1 aliphatic heterocycles. The normalized spacial score (nSPS) is 22.9. The summed E-state index contributed by atoms with van der Waals surface area (Å²) >= 11 is 6.05. The lowest BCUT2D eigenvalue weighted by Crippen LogP contribution is -2.52.